The Morgan fingerprint density at radius 2 is 2.50 bits per heavy atom. The molecule has 1 aromatic heterocycles. The van der Waals surface area contributed by atoms with Crippen molar-refractivity contribution in [2.45, 2.75) is 19.4 Å². The molecule has 1 atom stereocenters. The molecule has 90 valence electrons. The summed E-state index contributed by atoms with van der Waals surface area (Å²) in [5.41, 5.74) is 0. The van der Waals surface area contributed by atoms with E-state index in [9.17, 15) is 9.90 Å². The fourth-order valence-electron chi connectivity index (χ4n) is 1.15. The van der Waals surface area contributed by atoms with E-state index >= 15 is 0 Å². The highest BCUT2D eigenvalue weighted by Gasteiger charge is 2.11. The summed E-state index contributed by atoms with van der Waals surface area (Å²) in [4.78, 5) is 11.2. The second-order valence-electron chi connectivity index (χ2n) is 3.39. The van der Waals surface area contributed by atoms with Gasteiger partial charge in [0.25, 0.3) is 0 Å². The summed E-state index contributed by atoms with van der Waals surface area (Å²) in [6.45, 7) is 2.69. The number of rotatable bonds is 7. The molecule has 0 aliphatic heterocycles. The fraction of sp³-hybridized carbons (Fsp3) is 0.545. The van der Waals surface area contributed by atoms with Gasteiger partial charge in [-0.3, -0.25) is 4.79 Å². The third-order valence-electron chi connectivity index (χ3n) is 1.95. The van der Waals surface area contributed by atoms with Crippen molar-refractivity contribution in [3.63, 3.8) is 0 Å². The third kappa shape index (κ3) is 4.46. The Morgan fingerprint density at radius 3 is 3.12 bits per heavy atom. The number of carbonyl (C=O) groups excluding carboxylic acids is 1. The van der Waals surface area contributed by atoms with Crippen LogP contribution in [-0.4, -0.2) is 30.8 Å². The summed E-state index contributed by atoms with van der Waals surface area (Å²) in [7, 11) is 0. The minimum Gasteiger partial charge on any atom is -0.467 e. The van der Waals surface area contributed by atoms with Crippen molar-refractivity contribution < 1.29 is 19.1 Å². The minimum atomic E-state index is -0.815. The molecule has 16 heavy (non-hydrogen) atoms. The van der Waals surface area contributed by atoms with Gasteiger partial charge in [-0.15, -0.1) is 0 Å². The Bertz CT molecular complexity index is 297. The van der Waals surface area contributed by atoms with Crippen LogP contribution in [0, 0.1) is 0 Å². The zero-order valence-electron chi connectivity index (χ0n) is 9.31. The molecule has 5 nitrogen and oxygen atoms in total. The second-order valence-corrected chi connectivity index (χ2v) is 3.39. The summed E-state index contributed by atoms with van der Waals surface area (Å²) in [5, 5.41) is 12.1. The second kappa shape index (κ2) is 7.03. The van der Waals surface area contributed by atoms with Gasteiger partial charge in [-0.25, -0.2) is 0 Å². The standard InChI is InChI=1S/C11H17NO4/c1-2-5-15-8-11(14)12-7-9(13)10-4-3-6-16-10/h3-4,6,9,13H,2,5,7-8H2,1H3,(H,12,14). The Kier molecular flexibility index (Phi) is 5.60. The van der Waals surface area contributed by atoms with E-state index in [1.54, 1.807) is 12.1 Å². The summed E-state index contributed by atoms with van der Waals surface area (Å²) in [6.07, 6.45) is 1.54. The minimum absolute atomic E-state index is 0.0265. The number of hydrogen-bond donors (Lipinski definition) is 2. The first-order valence-corrected chi connectivity index (χ1v) is 5.30. The van der Waals surface area contributed by atoms with Gasteiger partial charge in [0.15, 0.2) is 0 Å². The molecule has 0 spiro atoms. The predicted molar refractivity (Wildman–Crippen MR) is 57.8 cm³/mol. The van der Waals surface area contributed by atoms with E-state index in [4.69, 9.17) is 9.15 Å². The van der Waals surface area contributed by atoms with E-state index in [2.05, 4.69) is 5.32 Å². The van der Waals surface area contributed by atoms with Crippen molar-refractivity contribution in [2.75, 3.05) is 19.8 Å². The SMILES string of the molecule is CCCOCC(=O)NCC(O)c1ccco1. The lowest BCUT2D eigenvalue weighted by atomic mass is 10.3. The summed E-state index contributed by atoms with van der Waals surface area (Å²) < 4.78 is 10.0. The molecule has 1 amide bonds. The van der Waals surface area contributed by atoms with Crippen molar-refractivity contribution >= 4 is 5.91 Å². The maximum absolute atomic E-state index is 11.2. The van der Waals surface area contributed by atoms with Crippen LogP contribution in [0.3, 0.4) is 0 Å². The maximum Gasteiger partial charge on any atom is 0.246 e. The number of furan rings is 1. The van der Waals surface area contributed by atoms with Crippen LogP contribution in [0.25, 0.3) is 0 Å². The highest BCUT2D eigenvalue weighted by Crippen LogP contribution is 2.11. The predicted octanol–water partition coefficient (Wildman–Crippen LogP) is 0.856. The number of hydrogen-bond acceptors (Lipinski definition) is 4. The Hall–Kier alpha value is -1.33. The highest BCUT2D eigenvalue weighted by molar-refractivity contribution is 5.77. The first kappa shape index (κ1) is 12.7. The summed E-state index contributed by atoms with van der Waals surface area (Å²) >= 11 is 0. The van der Waals surface area contributed by atoms with Crippen molar-refractivity contribution in [3.05, 3.63) is 24.2 Å². The number of nitrogens with one attached hydrogen (secondary N) is 1. The lowest BCUT2D eigenvalue weighted by Gasteiger charge is -2.09. The van der Waals surface area contributed by atoms with Gasteiger partial charge < -0.3 is 19.6 Å². The first-order chi connectivity index (χ1) is 7.74. The van der Waals surface area contributed by atoms with Crippen molar-refractivity contribution in [1.29, 1.82) is 0 Å². The van der Waals surface area contributed by atoms with E-state index < -0.39 is 6.10 Å². The molecule has 0 bridgehead atoms. The van der Waals surface area contributed by atoms with Crippen molar-refractivity contribution in [3.8, 4) is 0 Å². The molecule has 0 saturated carbocycles. The molecule has 5 heteroatoms. The molecule has 0 aromatic carbocycles. The van der Waals surface area contributed by atoms with Crippen LogP contribution < -0.4 is 5.32 Å². The molecular weight excluding hydrogens is 210 g/mol. The molecule has 0 aliphatic rings. The average molecular weight is 227 g/mol. The van der Waals surface area contributed by atoms with E-state index in [1.165, 1.54) is 6.26 Å². The van der Waals surface area contributed by atoms with Crippen LogP contribution in [0.2, 0.25) is 0 Å². The lowest BCUT2D eigenvalue weighted by molar-refractivity contribution is -0.126. The van der Waals surface area contributed by atoms with E-state index in [0.717, 1.165) is 6.42 Å². The van der Waals surface area contributed by atoms with Crippen LogP contribution in [0.15, 0.2) is 22.8 Å². The van der Waals surface area contributed by atoms with E-state index in [-0.39, 0.29) is 19.1 Å². The largest absolute Gasteiger partial charge is 0.467 e. The van der Waals surface area contributed by atoms with Gasteiger partial charge >= 0.3 is 0 Å². The molecule has 0 fully saturated rings. The van der Waals surface area contributed by atoms with Gasteiger partial charge in [-0.2, -0.15) is 0 Å². The maximum atomic E-state index is 11.2. The number of amides is 1. The molecular formula is C11H17NO4. The monoisotopic (exact) mass is 227 g/mol. The Balaban J connectivity index is 2.16. The van der Waals surface area contributed by atoms with Gasteiger partial charge in [-0.1, -0.05) is 6.92 Å². The van der Waals surface area contributed by atoms with Crippen LogP contribution in [-0.2, 0) is 9.53 Å². The molecule has 0 radical (unpaired) electrons. The fourth-order valence-corrected chi connectivity index (χ4v) is 1.15. The van der Waals surface area contributed by atoms with Gasteiger partial charge in [0, 0.05) is 6.61 Å². The number of carbonyl (C=O) groups is 1. The molecule has 0 saturated heterocycles. The topological polar surface area (TPSA) is 71.7 Å². The van der Waals surface area contributed by atoms with E-state index in [1.807, 2.05) is 6.92 Å². The molecule has 0 aliphatic carbocycles. The zero-order valence-corrected chi connectivity index (χ0v) is 9.31. The smallest absolute Gasteiger partial charge is 0.246 e. The Labute approximate surface area is 94.4 Å². The van der Waals surface area contributed by atoms with Gasteiger partial charge in [0.2, 0.25) is 5.91 Å². The van der Waals surface area contributed by atoms with E-state index in [0.29, 0.717) is 12.4 Å². The van der Waals surface area contributed by atoms with Gasteiger partial charge in [-0.05, 0) is 18.6 Å². The van der Waals surface area contributed by atoms with Crippen LogP contribution >= 0.6 is 0 Å². The Morgan fingerprint density at radius 1 is 1.69 bits per heavy atom. The van der Waals surface area contributed by atoms with Gasteiger partial charge in [0.05, 0.1) is 12.8 Å². The summed E-state index contributed by atoms with van der Waals surface area (Å²) in [6, 6.07) is 3.34. The van der Waals surface area contributed by atoms with Gasteiger partial charge in [0.1, 0.15) is 18.5 Å². The normalized spacial score (nSPS) is 12.4. The first-order valence-electron chi connectivity index (χ1n) is 5.30. The zero-order chi connectivity index (χ0) is 11.8. The molecule has 1 rings (SSSR count). The summed E-state index contributed by atoms with van der Waals surface area (Å²) in [5.74, 6) is 0.203. The number of aliphatic hydroxyl groups excluding tert-OH is 1. The van der Waals surface area contributed by atoms with Crippen LogP contribution in [0.5, 0.6) is 0 Å². The molecule has 1 unspecified atom stereocenters. The molecule has 2 N–H and O–H groups in total. The number of ether oxygens (including phenoxy) is 1. The molecule has 1 aromatic rings. The number of aliphatic hydroxyl groups is 1. The molecule has 1 heterocycles. The lowest BCUT2D eigenvalue weighted by Crippen LogP contribution is -2.31. The highest BCUT2D eigenvalue weighted by atomic mass is 16.5. The quantitative estimate of drug-likeness (QED) is 0.677. The third-order valence-corrected chi connectivity index (χ3v) is 1.95. The van der Waals surface area contributed by atoms with Crippen molar-refractivity contribution in [2.24, 2.45) is 0 Å². The van der Waals surface area contributed by atoms with Crippen molar-refractivity contribution in [1.82, 2.24) is 5.32 Å². The van der Waals surface area contributed by atoms with Crippen LogP contribution in [0.1, 0.15) is 25.2 Å². The average Bonchev–Trinajstić information content (AvgIpc) is 2.79. The van der Waals surface area contributed by atoms with Crippen LogP contribution in [0.4, 0.5) is 0 Å².